The van der Waals surface area contributed by atoms with Crippen molar-refractivity contribution in [2.75, 3.05) is 0 Å². The van der Waals surface area contributed by atoms with Crippen LogP contribution in [0.3, 0.4) is 0 Å². The van der Waals surface area contributed by atoms with Crippen molar-refractivity contribution in [2.24, 2.45) is 11.8 Å². The first-order valence-electron chi connectivity index (χ1n) is 52.0. The molecule has 10 aromatic carbocycles. The molecule has 8 heterocycles. The summed E-state index contributed by atoms with van der Waals surface area (Å²) in [5.74, 6) is 32.6. The minimum atomic E-state index is -1.99. The Morgan fingerprint density at radius 3 is 0.707 bits per heavy atom. The summed E-state index contributed by atoms with van der Waals surface area (Å²) in [6.45, 7) is 17.1. The Hall–Kier alpha value is -9.83. The molecule has 780 valence electrons. The molecule has 0 N–H and O–H groups in total. The summed E-state index contributed by atoms with van der Waals surface area (Å²) in [4.78, 5) is 36.8. The Balaban J connectivity index is 0.000000192. The summed E-state index contributed by atoms with van der Waals surface area (Å²) in [6, 6.07) is 141. The van der Waals surface area contributed by atoms with Gasteiger partial charge in [0.05, 0.1) is 0 Å². The van der Waals surface area contributed by atoms with E-state index in [-0.39, 0.29) is 80.4 Å². The summed E-state index contributed by atoms with van der Waals surface area (Å²) in [5.41, 5.74) is 31.8. The van der Waals surface area contributed by atoms with Crippen LogP contribution in [0.5, 0.6) is 0 Å². The van der Waals surface area contributed by atoms with Gasteiger partial charge >= 0.3 is 584 Å². The maximum atomic E-state index is 4.90. The Morgan fingerprint density at radius 2 is 0.467 bits per heavy atom. The quantitative estimate of drug-likeness (QED) is 0.0549. The Labute approximate surface area is 963 Å². The van der Waals surface area contributed by atoms with Crippen LogP contribution in [0, 0.1) is 88.1 Å². The molecule has 0 bridgehead atoms. The molecule has 18 aromatic rings. The van der Waals surface area contributed by atoms with Crippen molar-refractivity contribution in [1.82, 2.24) is 39.9 Å². The number of aryl methyl sites for hydroxylation is 4. The van der Waals surface area contributed by atoms with Crippen LogP contribution >= 0.6 is 0 Å². The zero-order valence-electron chi connectivity index (χ0n) is 90.9. The topological polar surface area (TPSA) is 103 Å². The van der Waals surface area contributed by atoms with E-state index in [0.29, 0.717) is 11.8 Å². The number of hydrogen-bond donors (Lipinski definition) is 0. The number of rotatable bonds is 20. The van der Waals surface area contributed by atoms with E-state index >= 15 is 0 Å². The van der Waals surface area contributed by atoms with Crippen LogP contribution in [0.25, 0.3) is 112 Å². The van der Waals surface area contributed by atoms with Crippen LogP contribution in [0.4, 0.5) is 0 Å². The van der Waals surface area contributed by atoms with Gasteiger partial charge < -0.3 is 19.9 Å². The molecule has 0 saturated heterocycles. The fourth-order valence-electron chi connectivity index (χ4n) is 18.5. The van der Waals surface area contributed by atoms with Gasteiger partial charge in [-0.05, 0) is 74.7 Å². The van der Waals surface area contributed by atoms with Crippen molar-refractivity contribution in [3.05, 3.63) is 458 Å². The van der Waals surface area contributed by atoms with Crippen LogP contribution in [0.2, 0.25) is 69.1 Å². The standard InChI is InChI=1S/C25H28GeN.C24H28GeN.C19H24GeN.C18H24GeN.4C12H10N.4Ir/c1-26(2,3)24-17-25(27-18-23(24)20-12-7-8-13-20)22-15-9-14-21(16-22)19-10-5-4-6-11-19;1-18(2)14-22-17-26-24(16-23(22)25(3,4)5)21-13-9-12-20(15-21)19-10-7-6-8-11-19;1-20(2,3)18-13-19(16-11-5-4-6-12-16)21-14-17(18)15-9-7-8-10-15;1-14(2)11-16-13-20-18(12-17(16)19(3,4)5)15-9-7-6-8-10-15;4*1-10-6-5-9-12(13-10)11-7-3-2-4-8-11;;;;/h4-6,9-11,14,16-18,20H,7-8,12-13H2,1-3H3;6-12,15-18H,14H2,1-5H3;4-6,11,13-15H,7-10H2,1-3H3;6-9,12-14H,11H2,1-5H3;4*2-7,9H,1H3;;;;/q8*-1;;;;. The SMILES string of the molecule is CC(C)Cc1cnc(-c2[c-]ccc(-c3ccccc3)c2)c[c]1[Ge]([CH3])([CH3])[CH3].CC(C)Cc1cnc(-c2[c-]cccc2)c[c]1[Ge]([CH3])([CH3])[CH3].Cc1cccc(-c2[c-]cccc2)n1.Cc1cccc(-c2[c-]cccc2)n1.Cc1cccc(-c2[c-]cccc2)n1.Cc1cccc(-c2[c-]cccc2)n1.[CH3][Ge]([CH3])([CH3])[c]1cc(-c2[c-]ccc(-c3ccccc3)c2)ncc1C1CCCC1.[CH3][Ge]([CH3])([CH3])[c]1cc(-c2[c-]cccc2)ncc1C1CCCC1.[Ir].[Ir].[Ir].[Ir]. The molecule has 150 heavy (non-hydrogen) atoms. The van der Waals surface area contributed by atoms with Crippen molar-refractivity contribution in [3.63, 3.8) is 0 Å². The largest absolute Gasteiger partial charge is 0 e. The van der Waals surface area contributed by atoms with Crippen LogP contribution in [-0.4, -0.2) is 92.9 Å². The van der Waals surface area contributed by atoms with Crippen molar-refractivity contribution in [1.29, 1.82) is 0 Å². The molecule has 0 spiro atoms. The summed E-state index contributed by atoms with van der Waals surface area (Å²) >= 11 is -7.75. The average molecular weight is 2930 g/mol. The molecule has 16 heteroatoms. The van der Waals surface area contributed by atoms with Crippen LogP contribution < -0.4 is 17.6 Å². The summed E-state index contributed by atoms with van der Waals surface area (Å²) < 4.78 is 6.43. The van der Waals surface area contributed by atoms with Crippen LogP contribution in [0.1, 0.15) is 136 Å². The van der Waals surface area contributed by atoms with Gasteiger partial charge in [0.2, 0.25) is 0 Å². The molecule has 8 nitrogen and oxygen atoms in total. The molecule has 2 saturated carbocycles. The molecular formula is C134H144Ge4Ir4N8-8. The molecule has 20 rings (SSSR count). The average Bonchev–Trinajstić information content (AvgIpc) is 1.32. The van der Waals surface area contributed by atoms with Crippen molar-refractivity contribution >= 4 is 70.6 Å². The van der Waals surface area contributed by atoms with Crippen molar-refractivity contribution in [2.45, 2.75) is 201 Å². The van der Waals surface area contributed by atoms with E-state index < -0.39 is 53.1 Å². The van der Waals surface area contributed by atoms with E-state index in [1.165, 1.54) is 84.7 Å². The van der Waals surface area contributed by atoms with Gasteiger partial charge in [0.25, 0.3) is 0 Å². The van der Waals surface area contributed by atoms with E-state index in [0.717, 1.165) is 138 Å². The number of pyridine rings is 8. The predicted octanol–water partition coefficient (Wildman–Crippen LogP) is 32.8. The van der Waals surface area contributed by atoms with Gasteiger partial charge in [0, 0.05) is 103 Å². The monoisotopic (exact) mass is 2930 g/mol. The molecule has 2 aliphatic rings. The second-order valence-electron chi connectivity index (χ2n) is 43.0. The molecular weight excluding hydrogens is 2780 g/mol. The maximum absolute atomic E-state index is 4.90. The number of hydrogen-bond acceptors (Lipinski definition) is 8. The Morgan fingerprint density at radius 1 is 0.233 bits per heavy atom. The van der Waals surface area contributed by atoms with Crippen molar-refractivity contribution in [3.8, 4) is 112 Å². The minimum Gasteiger partial charge on any atom is 0 e. The van der Waals surface area contributed by atoms with Gasteiger partial charge in [-0.2, -0.15) is 0 Å². The van der Waals surface area contributed by atoms with Gasteiger partial charge in [0.1, 0.15) is 0 Å². The normalized spacial score (nSPS) is 12.1. The molecule has 0 atom stereocenters. The number of benzene rings is 10. The van der Waals surface area contributed by atoms with E-state index in [9.17, 15) is 0 Å². The van der Waals surface area contributed by atoms with Crippen LogP contribution in [0.15, 0.2) is 365 Å². The van der Waals surface area contributed by atoms with Crippen molar-refractivity contribution < 1.29 is 80.4 Å². The molecule has 0 amide bonds. The smallest absolute Gasteiger partial charge is 0 e. The van der Waals surface area contributed by atoms with E-state index in [1.807, 2.05) is 240 Å². The number of nitrogens with zero attached hydrogens (tertiary/aromatic N) is 8. The minimum absolute atomic E-state index is 0. The van der Waals surface area contributed by atoms with Crippen LogP contribution in [-0.2, 0) is 93.3 Å². The summed E-state index contributed by atoms with van der Waals surface area (Å²) in [5, 5.41) is 0. The first kappa shape index (κ1) is 124. The Kier molecular flexibility index (Phi) is 50.5. The van der Waals surface area contributed by atoms with E-state index in [1.54, 1.807) is 28.7 Å². The molecule has 8 aromatic heterocycles. The fourth-order valence-corrected chi connectivity index (χ4v) is 32.7. The molecule has 2 aliphatic carbocycles. The van der Waals surface area contributed by atoms with Gasteiger partial charge in [-0.3, -0.25) is 0 Å². The van der Waals surface area contributed by atoms with E-state index in [2.05, 4.69) is 322 Å². The zero-order chi connectivity index (χ0) is 104. The molecule has 2 fully saturated rings. The Bertz CT molecular complexity index is 6750. The fraction of sp³-hybridized carbons (Fsp3) is 0.254. The third-order valence-electron chi connectivity index (χ3n) is 25.8. The third-order valence-corrected chi connectivity index (χ3v) is 43.1. The second-order valence-corrected chi connectivity index (χ2v) is 85.2. The zero-order valence-corrected chi connectivity index (χ0v) is 109. The first-order valence-corrected chi connectivity index (χ1v) is 81.3. The predicted molar refractivity (Wildman–Crippen MR) is 629 cm³/mol. The summed E-state index contributed by atoms with van der Waals surface area (Å²) in [7, 11) is 0. The van der Waals surface area contributed by atoms with Gasteiger partial charge in [-0.1, -0.05) is 48.5 Å². The molecule has 0 aliphatic heterocycles. The third kappa shape index (κ3) is 38.4. The molecule has 4 radical (unpaired) electrons. The van der Waals surface area contributed by atoms with Gasteiger partial charge in [0.15, 0.2) is 0 Å². The number of aromatic nitrogens is 8. The maximum Gasteiger partial charge on any atom is 0 e. The first-order chi connectivity index (χ1) is 70.2. The second kappa shape index (κ2) is 61.3. The molecule has 0 unspecified atom stereocenters. The van der Waals surface area contributed by atoms with E-state index in [4.69, 9.17) is 15.0 Å². The van der Waals surface area contributed by atoms with Gasteiger partial charge in [-0.15, -0.1) is 144 Å². The summed E-state index contributed by atoms with van der Waals surface area (Å²) in [6.07, 6.45) is 21.7. The van der Waals surface area contributed by atoms with Gasteiger partial charge in [-0.25, -0.2) is 0 Å².